The van der Waals surface area contributed by atoms with Gasteiger partial charge in [0, 0.05) is 5.69 Å². The first kappa shape index (κ1) is 15.1. The van der Waals surface area contributed by atoms with E-state index in [0.29, 0.717) is 18.8 Å². The molecule has 3 atom stereocenters. The van der Waals surface area contributed by atoms with E-state index in [0.717, 1.165) is 18.6 Å². The van der Waals surface area contributed by atoms with Crippen molar-refractivity contribution in [3.63, 3.8) is 0 Å². The Hall–Kier alpha value is -1.30. The van der Waals surface area contributed by atoms with Crippen molar-refractivity contribution in [1.82, 2.24) is 0 Å². The van der Waals surface area contributed by atoms with Crippen molar-refractivity contribution in [2.75, 3.05) is 5.32 Å². The molecule has 20 heavy (non-hydrogen) atoms. The number of rotatable bonds is 2. The van der Waals surface area contributed by atoms with Crippen molar-refractivity contribution >= 4 is 5.69 Å². The Kier molecular flexibility index (Phi) is 4.22. The topological polar surface area (TPSA) is 32.3 Å². The Morgan fingerprint density at radius 3 is 2.50 bits per heavy atom. The van der Waals surface area contributed by atoms with Crippen LogP contribution < -0.4 is 5.32 Å². The Morgan fingerprint density at radius 1 is 1.25 bits per heavy atom. The van der Waals surface area contributed by atoms with Crippen molar-refractivity contribution in [3.8, 4) is 0 Å². The van der Waals surface area contributed by atoms with E-state index in [-0.39, 0.29) is 11.7 Å². The largest absolute Gasteiger partial charge is 0.419 e. The van der Waals surface area contributed by atoms with Crippen LogP contribution in [0, 0.1) is 11.7 Å². The first-order valence-corrected chi connectivity index (χ1v) is 6.58. The SMILES string of the molecule is C[C@@H]1CC[C@@H](Nc2ccc(C(F)(F)F)c(F)c2)[C@H](O)C1. The lowest BCUT2D eigenvalue weighted by molar-refractivity contribution is -0.139. The predicted octanol–water partition coefficient (Wildman–Crippen LogP) is 3.81. The zero-order chi connectivity index (χ0) is 14.9. The summed E-state index contributed by atoms with van der Waals surface area (Å²) >= 11 is 0. The molecule has 112 valence electrons. The Balaban J connectivity index is 2.09. The summed E-state index contributed by atoms with van der Waals surface area (Å²) in [6.45, 7) is 2.04. The maximum atomic E-state index is 13.4. The third-order valence-corrected chi connectivity index (χ3v) is 3.71. The van der Waals surface area contributed by atoms with Gasteiger partial charge < -0.3 is 10.4 Å². The van der Waals surface area contributed by atoms with Gasteiger partial charge in [0.2, 0.25) is 0 Å². The molecule has 0 spiro atoms. The highest BCUT2D eigenvalue weighted by molar-refractivity contribution is 5.47. The first-order valence-electron chi connectivity index (χ1n) is 6.58. The molecule has 2 N–H and O–H groups in total. The Bertz CT molecular complexity index is 475. The molecule has 1 aromatic rings. The number of aliphatic hydroxyl groups excluding tert-OH is 1. The number of halogens is 4. The summed E-state index contributed by atoms with van der Waals surface area (Å²) in [4.78, 5) is 0. The second-order valence-electron chi connectivity index (χ2n) is 5.43. The van der Waals surface area contributed by atoms with Crippen LogP contribution >= 0.6 is 0 Å². The van der Waals surface area contributed by atoms with Gasteiger partial charge in [0.05, 0.1) is 17.7 Å². The molecule has 2 nitrogen and oxygen atoms in total. The van der Waals surface area contributed by atoms with Crippen molar-refractivity contribution in [2.24, 2.45) is 5.92 Å². The fraction of sp³-hybridized carbons (Fsp3) is 0.571. The van der Waals surface area contributed by atoms with Gasteiger partial charge in [-0.15, -0.1) is 0 Å². The van der Waals surface area contributed by atoms with Crippen LogP contribution in [0.15, 0.2) is 18.2 Å². The number of nitrogens with one attached hydrogen (secondary N) is 1. The van der Waals surface area contributed by atoms with Crippen LogP contribution in [0.1, 0.15) is 31.7 Å². The lowest BCUT2D eigenvalue weighted by atomic mass is 9.85. The first-order chi connectivity index (χ1) is 9.27. The van der Waals surface area contributed by atoms with Crippen LogP contribution in [-0.4, -0.2) is 17.3 Å². The molecule has 0 radical (unpaired) electrons. The number of hydrogen-bond donors (Lipinski definition) is 2. The molecule has 0 aromatic heterocycles. The zero-order valence-electron chi connectivity index (χ0n) is 11.0. The molecule has 0 unspecified atom stereocenters. The maximum Gasteiger partial charge on any atom is 0.419 e. The molecule has 0 aliphatic heterocycles. The van der Waals surface area contributed by atoms with Crippen LogP contribution in [0.25, 0.3) is 0 Å². The molecule has 1 saturated carbocycles. The standard InChI is InChI=1S/C14H17F4NO/c1-8-2-5-12(13(20)6-8)19-9-3-4-10(11(15)7-9)14(16,17)18/h3-4,7-8,12-13,19-20H,2,5-6H2,1H3/t8-,12-,13-/m1/s1. The van der Waals surface area contributed by atoms with Crippen molar-refractivity contribution < 1.29 is 22.7 Å². The third kappa shape index (κ3) is 3.42. The molecule has 1 aromatic carbocycles. The molecule has 1 aliphatic carbocycles. The smallest absolute Gasteiger partial charge is 0.391 e. The third-order valence-electron chi connectivity index (χ3n) is 3.71. The summed E-state index contributed by atoms with van der Waals surface area (Å²) in [6.07, 6.45) is -2.98. The molecule has 0 amide bonds. The fourth-order valence-electron chi connectivity index (χ4n) is 2.57. The fourth-order valence-corrected chi connectivity index (χ4v) is 2.57. The molecular formula is C14H17F4NO. The summed E-state index contributed by atoms with van der Waals surface area (Å²) in [5.41, 5.74) is -1.02. The number of benzene rings is 1. The van der Waals surface area contributed by atoms with Gasteiger partial charge in [0.1, 0.15) is 5.82 Å². The van der Waals surface area contributed by atoms with Gasteiger partial charge in [-0.05, 0) is 43.4 Å². The number of aliphatic hydroxyl groups is 1. The van der Waals surface area contributed by atoms with Crippen molar-refractivity contribution in [1.29, 1.82) is 0 Å². The number of alkyl halides is 3. The second-order valence-corrected chi connectivity index (χ2v) is 5.43. The Morgan fingerprint density at radius 2 is 1.95 bits per heavy atom. The second kappa shape index (κ2) is 5.60. The highest BCUT2D eigenvalue weighted by Gasteiger charge is 2.34. The monoisotopic (exact) mass is 291 g/mol. The summed E-state index contributed by atoms with van der Waals surface area (Å²) in [7, 11) is 0. The average molecular weight is 291 g/mol. The zero-order valence-corrected chi connectivity index (χ0v) is 11.0. The van der Waals surface area contributed by atoms with Crippen LogP contribution in [-0.2, 0) is 6.18 Å². The normalized spacial score (nSPS) is 27.4. The summed E-state index contributed by atoms with van der Waals surface area (Å²) < 4.78 is 50.8. The summed E-state index contributed by atoms with van der Waals surface area (Å²) in [5.74, 6) is -0.881. The molecule has 0 heterocycles. The van der Waals surface area contributed by atoms with Gasteiger partial charge in [-0.1, -0.05) is 6.92 Å². The number of hydrogen-bond acceptors (Lipinski definition) is 2. The highest BCUT2D eigenvalue weighted by atomic mass is 19.4. The predicted molar refractivity (Wildman–Crippen MR) is 67.8 cm³/mol. The van der Waals surface area contributed by atoms with E-state index in [4.69, 9.17) is 0 Å². The van der Waals surface area contributed by atoms with E-state index in [2.05, 4.69) is 5.32 Å². The minimum absolute atomic E-state index is 0.248. The lowest BCUT2D eigenvalue weighted by Crippen LogP contribution is -2.38. The van der Waals surface area contributed by atoms with Gasteiger partial charge in [0.15, 0.2) is 0 Å². The van der Waals surface area contributed by atoms with Crippen molar-refractivity contribution in [3.05, 3.63) is 29.6 Å². The van der Waals surface area contributed by atoms with Crippen LogP contribution in [0.2, 0.25) is 0 Å². The van der Waals surface area contributed by atoms with Gasteiger partial charge in [-0.2, -0.15) is 13.2 Å². The van der Waals surface area contributed by atoms with E-state index < -0.39 is 23.7 Å². The molecule has 1 aliphatic rings. The van der Waals surface area contributed by atoms with E-state index in [1.807, 2.05) is 6.92 Å². The van der Waals surface area contributed by atoms with Crippen LogP contribution in [0.5, 0.6) is 0 Å². The van der Waals surface area contributed by atoms with Gasteiger partial charge in [0.25, 0.3) is 0 Å². The van der Waals surface area contributed by atoms with Crippen LogP contribution in [0.3, 0.4) is 0 Å². The van der Waals surface area contributed by atoms with Crippen molar-refractivity contribution in [2.45, 2.75) is 44.5 Å². The lowest BCUT2D eigenvalue weighted by Gasteiger charge is -2.32. The molecule has 2 rings (SSSR count). The summed E-state index contributed by atoms with van der Waals surface area (Å²) in [5, 5.41) is 12.8. The minimum atomic E-state index is -4.69. The average Bonchev–Trinajstić information content (AvgIpc) is 2.31. The highest BCUT2D eigenvalue weighted by Crippen LogP contribution is 2.33. The molecule has 0 saturated heterocycles. The van der Waals surface area contributed by atoms with Crippen LogP contribution in [0.4, 0.5) is 23.2 Å². The maximum absolute atomic E-state index is 13.4. The quantitative estimate of drug-likeness (QED) is 0.812. The number of anilines is 1. The minimum Gasteiger partial charge on any atom is -0.391 e. The molecular weight excluding hydrogens is 274 g/mol. The molecule has 6 heteroatoms. The van der Waals surface area contributed by atoms with E-state index in [9.17, 15) is 22.7 Å². The Labute approximate surface area is 114 Å². The van der Waals surface area contributed by atoms with Gasteiger partial charge >= 0.3 is 6.18 Å². The van der Waals surface area contributed by atoms with Gasteiger partial charge in [-0.25, -0.2) is 4.39 Å². The summed E-state index contributed by atoms with van der Waals surface area (Å²) in [6, 6.07) is 2.49. The molecule has 1 fully saturated rings. The molecule has 0 bridgehead atoms. The van der Waals surface area contributed by atoms with E-state index >= 15 is 0 Å². The van der Waals surface area contributed by atoms with E-state index in [1.165, 1.54) is 6.07 Å². The van der Waals surface area contributed by atoms with E-state index in [1.54, 1.807) is 0 Å². The van der Waals surface area contributed by atoms with Gasteiger partial charge in [-0.3, -0.25) is 0 Å².